The molecule has 4 rings (SSSR count). The number of rotatable bonds is 4. The van der Waals surface area contributed by atoms with Gasteiger partial charge in [0.05, 0.1) is 5.41 Å². The average Bonchev–Trinajstić information content (AvgIpc) is 3.33. The van der Waals surface area contributed by atoms with Gasteiger partial charge in [0.2, 0.25) is 5.95 Å². The summed E-state index contributed by atoms with van der Waals surface area (Å²) in [5, 5.41) is 8.94. The number of benzene rings is 1. The number of anilines is 2. The first-order chi connectivity index (χ1) is 11.2. The number of pyridine rings is 1. The summed E-state index contributed by atoms with van der Waals surface area (Å²) in [6.45, 7) is 0. The number of hydrogen-bond acceptors (Lipinski definition) is 4. The van der Waals surface area contributed by atoms with Crippen LogP contribution in [-0.4, -0.2) is 26.8 Å². The van der Waals surface area contributed by atoms with Crippen LogP contribution < -0.4 is 4.90 Å². The molecule has 7 heteroatoms. The Bertz CT molecular complexity index is 816. The molecule has 0 bridgehead atoms. The van der Waals surface area contributed by atoms with E-state index in [9.17, 15) is 0 Å². The highest BCUT2D eigenvalue weighted by Crippen LogP contribution is 2.52. The normalized spacial score (nSPS) is 14.2. The van der Waals surface area contributed by atoms with Crippen LogP contribution in [0, 0.1) is 0 Å². The minimum atomic E-state index is 0. The Morgan fingerprint density at radius 1 is 0.960 bits per heavy atom. The third-order valence-electron chi connectivity index (χ3n) is 4.65. The van der Waals surface area contributed by atoms with Gasteiger partial charge in [-0.25, -0.2) is 4.98 Å². The van der Waals surface area contributed by atoms with Crippen LogP contribution in [0.1, 0.15) is 24.2 Å². The van der Waals surface area contributed by atoms with Gasteiger partial charge in [-0.2, -0.15) is 0 Å². The highest BCUT2D eigenvalue weighted by Gasteiger charge is 2.50. The Balaban J connectivity index is 0.00000113. The van der Waals surface area contributed by atoms with E-state index < -0.39 is 0 Å². The molecule has 25 heavy (non-hydrogen) atoms. The van der Waals surface area contributed by atoms with Gasteiger partial charge in [-0.3, -0.25) is 9.47 Å². The molecule has 0 N–H and O–H groups in total. The van der Waals surface area contributed by atoms with Crippen LogP contribution in [0.25, 0.3) is 0 Å². The van der Waals surface area contributed by atoms with Crippen molar-refractivity contribution in [2.75, 3.05) is 11.9 Å². The van der Waals surface area contributed by atoms with Crippen molar-refractivity contribution in [3.05, 3.63) is 66.1 Å². The number of aromatic nitrogens is 4. The Labute approximate surface area is 159 Å². The Kier molecular flexibility index (Phi) is 5.70. The van der Waals surface area contributed by atoms with Crippen molar-refractivity contribution in [3.63, 3.8) is 0 Å². The predicted octanol–water partition coefficient (Wildman–Crippen LogP) is 3.90. The predicted molar refractivity (Wildman–Crippen MR) is 104 cm³/mol. The molecule has 0 atom stereocenters. The third-order valence-corrected chi connectivity index (χ3v) is 4.65. The van der Waals surface area contributed by atoms with E-state index in [1.54, 1.807) is 6.20 Å². The van der Waals surface area contributed by atoms with Crippen LogP contribution in [0.15, 0.2) is 54.7 Å². The van der Waals surface area contributed by atoms with Gasteiger partial charge in [-0.05, 0) is 30.5 Å². The second kappa shape index (κ2) is 7.42. The molecule has 1 saturated carbocycles. The van der Waals surface area contributed by atoms with E-state index in [1.165, 1.54) is 5.56 Å². The van der Waals surface area contributed by atoms with Crippen molar-refractivity contribution < 1.29 is 0 Å². The van der Waals surface area contributed by atoms with Crippen LogP contribution in [0.5, 0.6) is 0 Å². The van der Waals surface area contributed by atoms with Crippen LogP contribution in [0.4, 0.5) is 11.8 Å². The second-order valence-electron chi connectivity index (χ2n) is 6.08. The van der Waals surface area contributed by atoms with Gasteiger partial charge in [0.1, 0.15) is 11.6 Å². The van der Waals surface area contributed by atoms with E-state index >= 15 is 0 Å². The molecule has 0 aliphatic heterocycles. The lowest BCUT2D eigenvalue weighted by Crippen LogP contribution is -2.19. The van der Waals surface area contributed by atoms with Crippen molar-refractivity contribution in [3.8, 4) is 0 Å². The van der Waals surface area contributed by atoms with E-state index in [0.717, 1.165) is 30.4 Å². The van der Waals surface area contributed by atoms with Crippen LogP contribution in [-0.2, 0) is 12.5 Å². The summed E-state index contributed by atoms with van der Waals surface area (Å²) in [4.78, 5) is 6.36. The summed E-state index contributed by atoms with van der Waals surface area (Å²) in [7, 11) is 4.01. The van der Waals surface area contributed by atoms with Crippen LogP contribution >= 0.6 is 24.8 Å². The molecule has 3 aromatic rings. The summed E-state index contributed by atoms with van der Waals surface area (Å²) in [5.41, 5.74) is 1.34. The number of hydrogen-bond donors (Lipinski definition) is 0. The van der Waals surface area contributed by atoms with Crippen molar-refractivity contribution in [1.29, 1.82) is 0 Å². The quantitative estimate of drug-likeness (QED) is 0.691. The standard InChI is InChI=1S/C18H19N5.2ClH/c1-22(15-10-6-7-13-19-15)17-21-20-16(23(17)2)18(11-12-18)14-8-4-3-5-9-14;;/h3-10,13H,11-12H2,1-2H3;2*1H. The molecular formula is C18H21Cl2N5. The largest absolute Gasteiger partial charge is 0.299 e. The van der Waals surface area contributed by atoms with E-state index in [0.29, 0.717) is 0 Å². The minimum absolute atomic E-state index is 0. The third kappa shape index (κ3) is 3.22. The maximum atomic E-state index is 4.52. The molecule has 2 aromatic heterocycles. The first kappa shape index (κ1) is 19.2. The molecule has 1 fully saturated rings. The topological polar surface area (TPSA) is 46.8 Å². The van der Waals surface area contributed by atoms with E-state index in [-0.39, 0.29) is 30.2 Å². The van der Waals surface area contributed by atoms with Gasteiger partial charge in [0.25, 0.3) is 0 Å². The second-order valence-corrected chi connectivity index (χ2v) is 6.08. The van der Waals surface area contributed by atoms with E-state index in [1.807, 2.05) is 37.2 Å². The lowest BCUT2D eigenvalue weighted by Gasteiger charge is -2.19. The summed E-state index contributed by atoms with van der Waals surface area (Å²) in [5.74, 6) is 2.70. The molecule has 0 spiro atoms. The smallest absolute Gasteiger partial charge is 0.232 e. The lowest BCUT2D eigenvalue weighted by atomic mass is 9.95. The van der Waals surface area contributed by atoms with Gasteiger partial charge < -0.3 is 0 Å². The minimum Gasteiger partial charge on any atom is -0.299 e. The molecule has 1 aliphatic carbocycles. The summed E-state index contributed by atoms with van der Waals surface area (Å²) in [6, 6.07) is 16.5. The Morgan fingerprint density at radius 2 is 1.64 bits per heavy atom. The van der Waals surface area contributed by atoms with Crippen LogP contribution in [0.2, 0.25) is 0 Å². The monoisotopic (exact) mass is 377 g/mol. The zero-order valence-electron chi connectivity index (χ0n) is 14.2. The highest BCUT2D eigenvalue weighted by molar-refractivity contribution is 5.85. The fraction of sp³-hybridized carbons (Fsp3) is 0.278. The maximum absolute atomic E-state index is 4.52. The molecule has 0 saturated heterocycles. The van der Waals surface area contributed by atoms with E-state index in [4.69, 9.17) is 0 Å². The summed E-state index contributed by atoms with van der Waals surface area (Å²) >= 11 is 0. The van der Waals surface area contributed by atoms with Crippen molar-refractivity contribution in [1.82, 2.24) is 19.7 Å². The Morgan fingerprint density at radius 3 is 2.24 bits per heavy atom. The fourth-order valence-electron chi connectivity index (χ4n) is 3.21. The first-order valence-corrected chi connectivity index (χ1v) is 7.82. The van der Waals surface area contributed by atoms with Gasteiger partial charge in [-0.1, -0.05) is 36.4 Å². The number of nitrogens with zero attached hydrogens (tertiary/aromatic N) is 5. The molecule has 0 unspecified atom stereocenters. The Hall–Kier alpha value is -2.11. The van der Waals surface area contributed by atoms with Crippen molar-refractivity contribution in [2.24, 2.45) is 7.05 Å². The van der Waals surface area contributed by atoms with Crippen LogP contribution in [0.3, 0.4) is 0 Å². The zero-order chi connectivity index (χ0) is 15.9. The summed E-state index contributed by atoms with van der Waals surface area (Å²) < 4.78 is 2.09. The highest BCUT2D eigenvalue weighted by atomic mass is 35.5. The number of halogens is 2. The SMILES string of the molecule is CN(c1ccccn1)c1nnc(C2(c3ccccc3)CC2)n1C.Cl.Cl. The molecule has 5 nitrogen and oxygen atoms in total. The first-order valence-electron chi connectivity index (χ1n) is 7.82. The maximum Gasteiger partial charge on any atom is 0.232 e. The van der Waals surface area contributed by atoms with Crippen molar-refractivity contribution in [2.45, 2.75) is 18.3 Å². The van der Waals surface area contributed by atoms with Gasteiger partial charge in [-0.15, -0.1) is 35.0 Å². The van der Waals surface area contributed by atoms with Gasteiger partial charge in [0.15, 0.2) is 0 Å². The fourth-order valence-corrected chi connectivity index (χ4v) is 3.21. The zero-order valence-corrected chi connectivity index (χ0v) is 15.8. The molecule has 2 heterocycles. The molecule has 1 aromatic carbocycles. The van der Waals surface area contributed by atoms with Gasteiger partial charge >= 0.3 is 0 Å². The summed E-state index contributed by atoms with van der Waals surface area (Å²) in [6.07, 6.45) is 4.03. The molecule has 132 valence electrons. The molecular weight excluding hydrogens is 357 g/mol. The molecule has 0 radical (unpaired) electrons. The molecule has 1 aliphatic rings. The van der Waals surface area contributed by atoms with Gasteiger partial charge in [0, 0.05) is 20.3 Å². The molecule has 0 amide bonds. The van der Waals surface area contributed by atoms with E-state index in [2.05, 4.69) is 50.1 Å². The van der Waals surface area contributed by atoms with Crippen molar-refractivity contribution >= 4 is 36.6 Å². The average molecular weight is 378 g/mol. The lowest BCUT2D eigenvalue weighted by molar-refractivity contribution is 0.691.